The van der Waals surface area contributed by atoms with Gasteiger partial charge in [0.05, 0.1) is 19.5 Å². The second kappa shape index (κ2) is 19.8. The van der Waals surface area contributed by atoms with Gasteiger partial charge in [-0.05, 0) is 0 Å². The van der Waals surface area contributed by atoms with Crippen molar-refractivity contribution in [2.75, 3.05) is 37.8 Å². The van der Waals surface area contributed by atoms with Gasteiger partial charge < -0.3 is 50.9 Å². The predicted molar refractivity (Wildman–Crippen MR) is 185 cm³/mol. The van der Waals surface area contributed by atoms with Gasteiger partial charge in [-0.15, -0.1) is 0 Å². The molecule has 7 atom stereocenters. The van der Waals surface area contributed by atoms with E-state index in [4.69, 9.17) is 19.5 Å². The van der Waals surface area contributed by atoms with Crippen molar-refractivity contribution >= 4 is 88.0 Å². The van der Waals surface area contributed by atoms with Gasteiger partial charge in [-0.1, -0.05) is 32.5 Å². The maximum absolute atomic E-state index is 12.6. The number of rotatable bonds is 20. The number of nitrogens with one attached hydrogen (secondary N) is 2. The van der Waals surface area contributed by atoms with Crippen molar-refractivity contribution < 1.29 is 80.5 Å². The SMILES string of the molecule is CCC(=O)SCCNC(=O)CCNC(=O)C(O)C(C)(C)COP(=O)(O)OP(=O)(O)OC[C@H]1O[C@@H](n2cnc3c(N)ncnc32)[C@H](O)[C@@H]1OP(=O)(O)O.[LiH]. The molecule has 0 aliphatic carbocycles. The Hall–Kier alpha value is -1.84. The van der Waals surface area contributed by atoms with Crippen LogP contribution in [0.3, 0.4) is 0 Å². The number of thioether (sulfide) groups is 1. The molecule has 2 aromatic heterocycles. The van der Waals surface area contributed by atoms with Gasteiger partial charge in [-0.25, -0.2) is 28.6 Å². The quantitative estimate of drug-likeness (QED) is 0.0413. The Kier molecular flexibility index (Phi) is 17.7. The van der Waals surface area contributed by atoms with E-state index in [1.165, 1.54) is 13.8 Å². The number of carbonyl (C=O) groups excluding carboxylic acids is 3. The summed E-state index contributed by atoms with van der Waals surface area (Å²) in [5.41, 5.74) is 4.26. The number of hydrogen-bond acceptors (Lipinski definition) is 18. The molecule has 0 radical (unpaired) electrons. The molecule has 0 saturated carbocycles. The Morgan fingerprint density at radius 3 is 2.38 bits per heavy atom. The molecule has 2 amide bonds. The van der Waals surface area contributed by atoms with Crippen LogP contribution < -0.4 is 16.4 Å². The number of phosphoric ester groups is 3. The molecule has 296 valence electrons. The molecule has 3 unspecified atom stereocenters. The molecule has 10 N–H and O–H groups in total. The number of ether oxygens (including phenoxy) is 1. The van der Waals surface area contributed by atoms with Gasteiger partial charge in [0, 0.05) is 37.1 Å². The van der Waals surface area contributed by atoms with Crippen LogP contribution in [0.1, 0.15) is 39.8 Å². The van der Waals surface area contributed by atoms with Crippen LogP contribution in [0.5, 0.6) is 0 Å². The summed E-state index contributed by atoms with van der Waals surface area (Å²) in [6, 6.07) is 0. The molecular formula is C24H41LiN7O17P3S. The number of imidazole rings is 1. The molecule has 3 rings (SSSR count). The van der Waals surface area contributed by atoms with Gasteiger partial charge in [0.2, 0.25) is 11.8 Å². The van der Waals surface area contributed by atoms with E-state index >= 15 is 0 Å². The van der Waals surface area contributed by atoms with Gasteiger partial charge in [0.1, 0.15) is 36.3 Å². The summed E-state index contributed by atoms with van der Waals surface area (Å²) in [6.07, 6.45) is -6.52. The second-order valence-corrected chi connectivity index (χ2v) is 17.0. The maximum atomic E-state index is 12.6. The fourth-order valence-electron chi connectivity index (χ4n) is 4.40. The van der Waals surface area contributed by atoms with Crippen LogP contribution in [0.15, 0.2) is 12.7 Å². The van der Waals surface area contributed by atoms with E-state index in [1.807, 2.05) is 0 Å². The molecule has 1 aliphatic heterocycles. The van der Waals surface area contributed by atoms with E-state index < -0.39 is 84.6 Å². The molecule has 0 aromatic carbocycles. The first-order chi connectivity index (χ1) is 24.1. The first-order valence-corrected chi connectivity index (χ1v) is 20.6. The van der Waals surface area contributed by atoms with Crippen LogP contribution in [-0.2, 0) is 50.7 Å². The van der Waals surface area contributed by atoms with Gasteiger partial charge >= 0.3 is 42.3 Å². The number of anilines is 1. The molecule has 0 bridgehead atoms. The van der Waals surface area contributed by atoms with Crippen molar-refractivity contribution in [1.82, 2.24) is 30.2 Å². The molecule has 29 heteroatoms. The van der Waals surface area contributed by atoms with Crippen molar-refractivity contribution in [3.63, 3.8) is 0 Å². The van der Waals surface area contributed by atoms with Crippen molar-refractivity contribution in [2.45, 2.75) is 64.3 Å². The minimum absolute atomic E-state index is 0. The number of aliphatic hydroxyl groups excluding tert-OH is 2. The predicted octanol–water partition coefficient (Wildman–Crippen LogP) is -1.57. The Morgan fingerprint density at radius 1 is 1.08 bits per heavy atom. The third-order valence-electron chi connectivity index (χ3n) is 7.05. The Morgan fingerprint density at radius 2 is 1.74 bits per heavy atom. The van der Waals surface area contributed by atoms with Crippen LogP contribution in [0.4, 0.5) is 5.82 Å². The fourth-order valence-corrected chi connectivity index (χ4v) is 7.86. The van der Waals surface area contributed by atoms with Crippen LogP contribution in [0.2, 0.25) is 0 Å². The summed E-state index contributed by atoms with van der Waals surface area (Å²) < 4.78 is 61.9. The molecule has 0 spiro atoms. The normalized spacial score (nSPS) is 22.0. The molecular weight excluding hydrogens is 790 g/mol. The molecule has 24 nitrogen and oxygen atoms in total. The third-order valence-corrected chi connectivity index (χ3v) is 11.2. The van der Waals surface area contributed by atoms with E-state index in [9.17, 15) is 57.9 Å². The number of fused-ring (bicyclic) bond motifs is 1. The monoisotopic (exact) mass is 831 g/mol. The molecule has 53 heavy (non-hydrogen) atoms. The molecule has 3 heterocycles. The van der Waals surface area contributed by atoms with Crippen LogP contribution in [0, 0.1) is 5.41 Å². The number of carbonyl (C=O) groups is 3. The van der Waals surface area contributed by atoms with Gasteiger partial charge in [0.25, 0.3) is 0 Å². The number of aliphatic hydroxyl groups is 2. The average Bonchev–Trinajstić information content (AvgIpc) is 3.60. The Labute approximate surface area is 317 Å². The Balaban J connectivity index is 0.00000972. The first kappa shape index (κ1) is 47.3. The topological polar surface area (TPSA) is 364 Å². The van der Waals surface area contributed by atoms with Crippen LogP contribution in [-0.4, -0.2) is 142 Å². The summed E-state index contributed by atoms with van der Waals surface area (Å²) in [5, 5.41) is 26.2. The molecule has 1 aliphatic rings. The summed E-state index contributed by atoms with van der Waals surface area (Å²) >= 11 is 1.07. The third kappa shape index (κ3) is 14.3. The minimum atomic E-state index is -5.56. The summed E-state index contributed by atoms with van der Waals surface area (Å²) in [5.74, 6) is -1.07. The zero-order valence-corrected chi connectivity index (χ0v) is 31.3. The van der Waals surface area contributed by atoms with Crippen LogP contribution >= 0.6 is 35.2 Å². The number of hydrogen-bond donors (Lipinski definition) is 9. The average molecular weight is 832 g/mol. The molecule has 2 aromatic rings. The number of amides is 2. The van der Waals surface area contributed by atoms with Gasteiger partial charge in [0.15, 0.2) is 22.8 Å². The number of nitrogens with zero attached hydrogens (tertiary/aromatic N) is 4. The number of aromatic nitrogens is 4. The zero-order chi connectivity index (χ0) is 39.1. The number of phosphoric acid groups is 3. The standard InChI is InChI=1S/C24H40N7O17P3S.Li.H/c1-4-15(33)52-8-7-26-14(32)5-6-27-22(36)19(35)24(2,3)10-45-51(42,43)48-50(40,41)44-9-13-18(47-49(37,38)39)17(34)23(46-13)31-12-30-16-20(25)28-11-29-21(16)31;;/h11-13,17-19,23,34-35H,4-10H2,1-3H3,(H,26,32)(H,27,36)(H,40,41)(H,42,43)(H2,25,28,29)(H2,37,38,39);;/t13-,17-,18-,19?,23-;;/m1../s1. The zero-order valence-electron chi connectivity index (χ0n) is 27.8. The Bertz CT molecular complexity index is 1740. The van der Waals surface area contributed by atoms with Crippen molar-refractivity contribution in [3.8, 4) is 0 Å². The number of nitrogens with two attached hydrogens (primary N) is 1. The van der Waals surface area contributed by atoms with E-state index in [2.05, 4.69) is 34.4 Å². The summed E-state index contributed by atoms with van der Waals surface area (Å²) in [6.45, 7) is 2.24. The summed E-state index contributed by atoms with van der Waals surface area (Å²) in [7, 11) is -16.4. The molecule has 1 saturated heterocycles. The van der Waals surface area contributed by atoms with Gasteiger partial charge in [-0.3, -0.25) is 32.5 Å². The fraction of sp³-hybridized carbons (Fsp3) is 0.667. The van der Waals surface area contributed by atoms with Crippen LogP contribution in [0.25, 0.3) is 11.2 Å². The number of nitrogen functional groups attached to an aromatic ring is 1. The van der Waals surface area contributed by atoms with Crippen molar-refractivity contribution in [2.24, 2.45) is 5.41 Å². The van der Waals surface area contributed by atoms with E-state index in [0.29, 0.717) is 12.2 Å². The molecule has 1 fully saturated rings. The van der Waals surface area contributed by atoms with E-state index in [1.54, 1.807) is 6.92 Å². The van der Waals surface area contributed by atoms with E-state index in [-0.39, 0.29) is 60.5 Å². The van der Waals surface area contributed by atoms with E-state index in [0.717, 1.165) is 29.0 Å². The second-order valence-electron chi connectivity index (χ2n) is 11.6. The van der Waals surface area contributed by atoms with Gasteiger partial charge in [-0.2, -0.15) is 4.31 Å². The van der Waals surface area contributed by atoms with Crippen molar-refractivity contribution in [3.05, 3.63) is 12.7 Å². The van der Waals surface area contributed by atoms with Crippen molar-refractivity contribution in [1.29, 1.82) is 0 Å². The first-order valence-electron chi connectivity index (χ1n) is 15.1. The summed E-state index contributed by atoms with van der Waals surface area (Å²) in [4.78, 5) is 86.4.